The van der Waals surface area contributed by atoms with Gasteiger partial charge in [0.05, 0.1) is 41.2 Å². The number of methoxy groups -OCH3 is 2. The van der Waals surface area contributed by atoms with E-state index in [1.54, 1.807) is 23.1 Å². The molecule has 2 aromatic carbocycles. The predicted molar refractivity (Wildman–Crippen MR) is 81.9 cm³/mol. The molecule has 6 heteroatoms. The summed E-state index contributed by atoms with van der Waals surface area (Å²) >= 11 is 0. The maximum atomic E-state index is 12.9. The van der Waals surface area contributed by atoms with Gasteiger partial charge >= 0.3 is 0 Å². The SMILES string of the molecule is COc1ccc2c(c1OC)C(=O)N1c3ccccc3S(=O)C21. The summed E-state index contributed by atoms with van der Waals surface area (Å²) in [6.07, 6.45) is 0. The molecule has 1 amide bonds. The maximum absolute atomic E-state index is 12.9. The molecule has 0 saturated carbocycles. The van der Waals surface area contributed by atoms with Crippen LogP contribution in [-0.4, -0.2) is 24.3 Å². The fourth-order valence-electron chi connectivity index (χ4n) is 3.13. The number of anilines is 1. The molecular weight excluding hydrogens is 302 g/mol. The highest BCUT2D eigenvalue weighted by Gasteiger charge is 2.49. The third-order valence-electron chi connectivity index (χ3n) is 4.06. The van der Waals surface area contributed by atoms with Crippen molar-refractivity contribution in [3.05, 3.63) is 47.5 Å². The van der Waals surface area contributed by atoms with Crippen molar-refractivity contribution in [3.8, 4) is 11.5 Å². The van der Waals surface area contributed by atoms with E-state index < -0.39 is 16.2 Å². The lowest BCUT2D eigenvalue weighted by molar-refractivity contribution is 0.0993. The lowest BCUT2D eigenvalue weighted by Crippen LogP contribution is -2.24. The average molecular weight is 315 g/mol. The van der Waals surface area contributed by atoms with Crippen molar-refractivity contribution in [1.82, 2.24) is 0 Å². The van der Waals surface area contributed by atoms with E-state index in [9.17, 15) is 9.00 Å². The standard InChI is InChI=1S/C16H13NO4S/c1-20-11-8-7-9-13(14(11)21-2)15(18)17-10-5-3-4-6-12(10)22(19)16(9)17/h3-8,16H,1-2H3. The molecule has 0 aliphatic carbocycles. The van der Waals surface area contributed by atoms with Crippen molar-refractivity contribution in [1.29, 1.82) is 0 Å². The van der Waals surface area contributed by atoms with Crippen molar-refractivity contribution in [2.75, 3.05) is 19.1 Å². The molecule has 2 aliphatic rings. The quantitative estimate of drug-likeness (QED) is 0.854. The number of hydrogen-bond acceptors (Lipinski definition) is 4. The minimum absolute atomic E-state index is 0.200. The van der Waals surface area contributed by atoms with Crippen molar-refractivity contribution >= 4 is 22.4 Å². The first-order valence-electron chi connectivity index (χ1n) is 6.77. The fraction of sp³-hybridized carbons (Fsp3) is 0.188. The van der Waals surface area contributed by atoms with Gasteiger partial charge in [-0.1, -0.05) is 18.2 Å². The first-order valence-corrected chi connectivity index (χ1v) is 7.98. The molecule has 2 aromatic rings. The molecule has 0 fully saturated rings. The van der Waals surface area contributed by atoms with Crippen molar-refractivity contribution in [2.24, 2.45) is 0 Å². The van der Waals surface area contributed by atoms with Crippen LogP contribution in [0.2, 0.25) is 0 Å². The van der Waals surface area contributed by atoms with Crippen molar-refractivity contribution in [2.45, 2.75) is 10.3 Å². The Kier molecular flexibility index (Phi) is 2.77. The number of benzene rings is 2. The summed E-state index contributed by atoms with van der Waals surface area (Å²) in [5.41, 5.74) is 1.86. The fourth-order valence-corrected chi connectivity index (χ4v) is 4.78. The van der Waals surface area contributed by atoms with Gasteiger partial charge in [-0.2, -0.15) is 0 Å². The van der Waals surface area contributed by atoms with Crippen LogP contribution in [0.3, 0.4) is 0 Å². The number of carbonyl (C=O) groups is 1. The van der Waals surface area contributed by atoms with Crippen LogP contribution in [0.5, 0.6) is 11.5 Å². The summed E-state index contributed by atoms with van der Waals surface area (Å²) in [6.45, 7) is 0. The molecule has 0 N–H and O–H groups in total. The number of fused-ring (bicyclic) bond motifs is 5. The number of ether oxygens (including phenoxy) is 2. The summed E-state index contributed by atoms with van der Waals surface area (Å²) in [4.78, 5) is 15.2. The highest BCUT2D eigenvalue weighted by Crippen LogP contribution is 2.52. The van der Waals surface area contributed by atoms with Gasteiger partial charge in [-0.05, 0) is 18.2 Å². The highest BCUT2D eigenvalue weighted by molar-refractivity contribution is 7.86. The summed E-state index contributed by atoms with van der Waals surface area (Å²) in [7, 11) is 1.73. The molecule has 5 nitrogen and oxygen atoms in total. The zero-order valence-electron chi connectivity index (χ0n) is 12.0. The van der Waals surface area contributed by atoms with E-state index in [4.69, 9.17) is 9.47 Å². The maximum Gasteiger partial charge on any atom is 0.263 e. The molecule has 22 heavy (non-hydrogen) atoms. The van der Waals surface area contributed by atoms with E-state index in [1.165, 1.54) is 14.2 Å². The van der Waals surface area contributed by atoms with E-state index in [-0.39, 0.29) is 5.91 Å². The van der Waals surface area contributed by atoms with Crippen LogP contribution >= 0.6 is 0 Å². The van der Waals surface area contributed by atoms with Gasteiger partial charge < -0.3 is 9.47 Å². The van der Waals surface area contributed by atoms with Gasteiger partial charge in [0.15, 0.2) is 11.5 Å². The predicted octanol–water partition coefficient (Wildman–Crippen LogP) is 2.48. The Balaban J connectivity index is 1.97. The molecule has 4 rings (SSSR count). The molecule has 0 aromatic heterocycles. The Hall–Kier alpha value is -2.34. The van der Waals surface area contributed by atoms with Gasteiger partial charge in [-0.15, -0.1) is 0 Å². The molecule has 112 valence electrons. The monoisotopic (exact) mass is 315 g/mol. The molecule has 0 saturated heterocycles. The summed E-state index contributed by atoms with van der Waals surface area (Å²) in [5.74, 6) is 0.692. The Morgan fingerprint density at radius 3 is 2.59 bits per heavy atom. The number of hydrogen-bond donors (Lipinski definition) is 0. The third kappa shape index (κ3) is 1.47. The van der Waals surface area contributed by atoms with Crippen LogP contribution in [-0.2, 0) is 10.8 Å². The first-order chi connectivity index (χ1) is 10.7. The number of para-hydroxylation sites is 1. The topological polar surface area (TPSA) is 55.8 Å². The second kappa shape index (κ2) is 4.58. The van der Waals surface area contributed by atoms with Crippen LogP contribution in [0.15, 0.2) is 41.3 Å². The second-order valence-electron chi connectivity index (χ2n) is 5.06. The van der Waals surface area contributed by atoms with Gasteiger partial charge in [0.2, 0.25) is 0 Å². The van der Waals surface area contributed by atoms with E-state index in [0.29, 0.717) is 27.6 Å². The number of rotatable bonds is 2. The van der Waals surface area contributed by atoms with Crippen LogP contribution in [0.1, 0.15) is 21.3 Å². The minimum atomic E-state index is -1.30. The smallest absolute Gasteiger partial charge is 0.263 e. The molecule has 0 radical (unpaired) electrons. The summed E-state index contributed by atoms with van der Waals surface area (Å²) in [5, 5.41) is -0.486. The van der Waals surface area contributed by atoms with Gasteiger partial charge in [0, 0.05) is 5.56 Å². The van der Waals surface area contributed by atoms with Crippen LogP contribution < -0.4 is 14.4 Å². The largest absolute Gasteiger partial charge is 0.493 e. The molecule has 0 spiro atoms. The van der Waals surface area contributed by atoms with Crippen molar-refractivity contribution < 1.29 is 18.5 Å². The molecule has 2 heterocycles. The molecule has 2 atom stereocenters. The van der Waals surface area contributed by atoms with Gasteiger partial charge in [-0.25, -0.2) is 0 Å². The third-order valence-corrected chi connectivity index (χ3v) is 5.70. The van der Waals surface area contributed by atoms with Crippen LogP contribution in [0.4, 0.5) is 5.69 Å². The Morgan fingerprint density at radius 2 is 1.86 bits per heavy atom. The summed E-state index contributed by atoms with van der Waals surface area (Å²) < 4.78 is 23.4. The van der Waals surface area contributed by atoms with E-state index in [0.717, 1.165) is 5.56 Å². The number of nitrogens with zero attached hydrogens (tertiary/aromatic N) is 1. The van der Waals surface area contributed by atoms with E-state index in [1.807, 2.05) is 18.2 Å². The van der Waals surface area contributed by atoms with Crippen LogP contribution in [0, 0.1) is 0 Å². The average Bonchev–Trinajstić information content (AvgIpc) is 3.02. The van der Waals surface area contributed by atoms with E-state index in [2.05, 4.69) is 0 Å². The molecular formula is C16H13NO4S. The first kappa shape index (κ1) is 13.3. The second-order valence-corrected chi connectivity index (χ2v) is 6.54. The lowest BCUT2D eigenvalue weighted by atomic mass is 10.1. The van der Waals surface area contributed by atoms with Gasteiger partial charge in [0.25, 0.3) is 5.91 Å². The van der Waals surface area contributed by atoms with Gasteiger partial charge in [0.1, 0.15) is 5.37 Å². The number of carbonyl (C=O) groups excluding carboxylic acids is 1. The Labute approximate surface area is 129 Å². The Morgan fingerprint density at radius 1 is 1.09 bits per heavy atom. The number of amides is 1. The molecule has 2 aliphatic heterocycles. The highest BCUT2D eigenvalue weighted by atomic mass is 32.2. The minimum Gasteiger partial charge on any atom is -0.493 e. The van der Waals surface area contributed by atoms with E-state index >= 15 is 0 Å². The normalized spacial score (nSPS) is 21.4. The summed E-state index contributed by atoms with van der Waals surface area (Å²) in [6, 6.07) is 10.8. The van der Waals surface area contributed by atoms with Gasteiger partial charge in [-0.3, -0.25) is 13.9 Å². The zero-order chi connectivity index (χ0) is 15.4. The Bertz CT molecular complexity index is 833. The molecule has 2 unspecified atom stereocenters. The molecule has 0 bridgehead atoms. The zero-order valence-corrected chi connectivity index (χ0v) is 12.8. The van der Waals surface area contributed by atoms with Crippen molar-refractivity contribution in [3.63, 3.8) is 0 Å². The van der Waals surface area contributed by atoms with Crippen LogP contribution in [0.25, 0.3) is 0 Å². The lowest BCUT2D eigenvalue weighted by Gasteiger charge is -2.14.